The molecule has 0 atom stereocenters. The van der Waals surface area contributed by atoms with E-state index in [0.717, 1.165) is 64.0 Å². The van der Waals surface area contributed by atoms with Crippen molar-refractivity contribution in [2.45, 2.75) is 26.4 Å². The molecule has 0 aromatic heterocycles. The van der Waals surface area contributed by atoms with Gasteiger partial charge in [0, 0.05) is 52.4 Å². The van der Waals surface area contributed by atoms with Crippen LogP contribution in [0.3, 0.4) is 0 Å². The highest BCUT2D eigenvalue weighted by molar-refractivity contribution is 14.0. The van der Waals surface area contributed by atoms with Gasteiger partial charge < -0.3 is 20.7 Å². The Hall–Kier alpha value is -2.17. The molecular formula is C24H34IN5O2. The number of rotatable bonds is 8. The number of nitrogens with one attached hydrogen (secondary N) is 3. The molecule has 1 fully saturated rings. The molecule has 2 aromatic carbocycles. The minimum atomic E-state index is -0.0594. The zero-order valence-corrected chi connectivity index (χ0v) is 21.2. The SMILES string of the molecule is CN=C(NCCc1ccc(NC(C)=O)cc1)NCc1ccccc1CN1CCOCC1.I. The molecule has 0 bridgehead atoms. The van der Waals surface area contributed by atoms with E-state index in [-0.39, 0.29) is 29.9 Å². The van der Waals surface area contributed by atoms with Gasteiger partial charge in [0.25, 0.3) is 0 Å². The number of guanidine groups is 1. The van der Waals surface area contributed by atoms with E-state index in [9.17, 15) is 4.79 Å². The van der Waals surface area contributed by atoms with Crippen LogP contribution in [0.4, 0.5) is 5.69 Å². The fourth-order valence-electron chi connectivity index (χ4n) is 3.57. The molecule has 0 saturated carbocycles. The molecular weight excluding hydrogens is 517 g/mol. The van der Waals surface area contributed by atoms with Crippen molar-refractivity contribution in [3.8, 4) is 0 Å². The predicted octanol–water partition coefficient (Wildman–Crippen LogP) is 3.00. The Morgan fingerprint density at radius 2 is 1.72 bits per heavy atom. The van der Waals surface area contributed by atoms with Crippen molar-refractivity contribution in [3.63, 3.8) is 0 Å². The summed E-state index contributed by atoms with van der Waals surface area (Å²) in [4.78, 5) is 17.9. The number of ether oxygens (including phenoxy) is 1. The number of hydrogen-bond acceptors (Lipinski definition) is 4. The molecule has 0 radical (unpaired) electrons. The van der Waals surface area contributed by atoms with E-state index in [1.807, 2.05) is 24.3 Å². The maximum atomic E-state index is 11.1. The predicted molar refractivity (Wildman–Crippen MR) is 141 cm³/mol. The summed E-state index contributed by atoms with van der Waals surface area (Å²) >= 11 is 0. The molecule has 8 heteroatoms. The van der Waals surface area contributed by atoms with Gasteiger partial charge in [-0.3, -0.25) is 14.7 Å². The molecule has 7 nitrogen and oxygen atoms in total. The van der Waals surface area contributed by atoms with Crippen LogP contribution in [0.25, 0.3) is 0 Å². The quantitative estimate of drug-likeness (QED) is 0.267. The first-order valence-corrected chi connectivity index (χ1v) is 10.8. The van der Waals surface area contributed by atoms with Crippen molar-refractivity contribution >= 4 is 41.5 Å². The van der Waals surface area contributed by atoms with Crippen LogP contribution in [-0.4, -0.2) is 56.7 Å². The minimum Gasteiger partial charge on any atom is -0.379 e. The number of aliphatic imine (C=N–C) groups is 1. The molecule has 1 aliphatic heterocycles. The van der Waals surface area contributed by atoms with Gasteiger partial charge in [-0.25, -0.2) is 0 Å². The summed E-state index contributed by atoms with van der Waals surface area (Å²) in [6.45, 7) is 7.55. The average Bonchev–Trinajstić information content (AvgIpc) is 2.78. The molecule has 3 rings (SSSR count). The van der Waals surface area contributed by atoms with Crippen LogP contribution in [0.15, 0.2) is 53.5 Å². The molecule has 1 heterocycles. The maximum absolute atomic E-state index is 11.1. The molecule has 3 N–H and O–H groups in total. The smallest absolute Gasteiger partial charge is 0.221 e. The number of halogens is 1. The van der Waals surface area contributed by atoms with E-state index in [0.29, 0.717) is 0 Å². The largest absolute Gasteiger partial charge is 0.379 e. The van der Waals surface area contributed by atoms with Crippen LogP contribution in [-0.2, 0) is 29.0 Å². The van der Waals surface area contributed by atoms with Gasteiger partial charge in [0.1, 0.15) is 0 Å². The van der Waals surface area contributed by atoms with E-state index >= 15 is 0 Å². The second-order valence-corrected chi connectivity index (χ2v) is 7.64. The molecule has 32 heavy (non-hydrogen) atoms. The number of nitrogens with zero attached hydrogens (tertiary/aromatic N) is 2. The molecule has 0 aliphatic carbocycles. The van der Waals surface area contributed by atoms with Crippen molar-refractivity contribution in [2.75, 3.05) is 45.2 Å². The highest BCUT2D eigenvalue weighted by Gasteiger charge is 2.12. The first kappa shape index (κ1) is 26.1. The molecule has 0 spiro atoms. The first-order chi connectivity index (χ1) is 15.1. The van der Waals surface area contributed by atoms with E-state index < -0.39 is 0 Å². The summed E-state index contributed by atoms with van der Waals surface area (Å²) in [5.41, 5.74) is 4.64. The Morgan fingerprint density at radius 1 is 1.03 bits per heavy atom. The van der Waals surface area contributed by atoms with E-state index in [2.05, 4.69) is 50.1 Å². The van der Waals surface area contributed by atoms with Gasteiger partial charge in [-0.05, 0) is 35.2 Å². The zero-order valence-electron chi connectivity index (χ0n) is 18.9. The van der Waals surface area contributed by atoms with Crippen molar-refractivity contribution < 1.29 is 9.53 Å². The second kappa shape index (κ2) is 14.1. The van der Waals surface area contributed by atoms with Crippen molar-refractivity contribution in [1.29, 1.82) is 0 Å². The van der Waals surface area contributed by atoms with Crippen LogP contribution in [0.1, 0.15) is 23.6 Å². The summed E-state index contributed by atoms with van der Waals surface area (Å²) in [6.07, 6.45) is 0.870. The number of amides is 1. The van der Waals surface area contributed by atoms with Gasteiger partial charge in [0.2, 0.25) is 5.91 Å². The first-order valence-electron chi connectivity index (χ1n) is 10.8. The highest BCUT2D eigenvalue weighted by Crippen LogP contribution is 2.13. The monoisotopic (exact) mass is 551 g/mol. The third-order valence-corrected chi connectivity index (χ3v) is 5.27. The number of anilines is 1. The third-order valence-electron chi connectivity index (χ3n) is 5.27. The Morgan fingerprint density at radius 3 is 2.38 bits per heavy atom. The lowest BCUT2D eigenvalue weighted by molar-refractivity contribution is -0.114. The lowest BCUT2D eigenvalue weighted by Gasteiger charge is -2.27. The third kappa shape index (κ3) is 8.76. The normalized spacial score (nSPS) is 14.4. The number of carbonyl (C=O) groups excluding carboxylic acids is 1. The summed E-state index contributed by atoms with van der Waals surface area (Å²) in [6, 6.07) is 16.5. The topological polar surface area (TPSA) is 78.0 Å². The molecule has 1 aliphatic rings. The van der Waals surface area contributed by atoms with Crippen LogP contribution in [0.2, 0.25) is 0 Å². The minimum absolute atomic E-state index is 0. The van der Waals surface area contributed by atoms with Crippen LogP contribution in [0, 0.1) is 0 Å². The Kier molecular flexibility index (Phi) is 11.5. The standard InChI is InChI=1S/C24H33N5O2.HI/c1-19(30)28-23-9-7-20(8-10-23)11-12-26-24(25-2)27-17-21-5-3-4-6-22(21)18-29-13-15-31-16-14-29;/h3-10H,11-18H2,1-2H3,(H,28,30)(H2,25,26,27);1H. The number of benzene rings is 2. The molecule has 1 amide bonds. The van der Waals surface area contributed by atoms with Gasteiger partial charge in [0.15, 0.2) is 5.96 Å². The lowest BCUT2D eigenvalue weighted by Crippen LogP contribution is -2.38. The summed E-state index contributed by atoms with van der Waals surface area (Å²) in [5.74, 6) is 0.729. The summed E-state index contributed by atoms with van der Waals surface area (Å²) in [7, 11) is 1.79. The van der Waals surface area contributed by atoms with Crippen LogP contribution < -0.4 is 16.0 Å². The van der Waals surface area contributed by atoms with Crippen LogP contribution >= 0.6 is 24.0 Å². The van der Waals surface area contributed by atoms with Gasteiger partial charge in [-0.15, -0.1) is 24.0 Å². The highest BCUT2D eigenvalue weighted by atomic mass is 127. The molecule has 2 aromatic rings. The Labute approximate surface area is 208 Å². The Balaban J connectivity index is 0.00000363. The molecule has 1 saturated heterocycles. The van der Waals surface area contributed by atoms with E-state index in [1.54, 1.807) is 7.05 Å². The fourth-order valence-corrected chi connectivity index (χ4v) is 3.57. The van der Waals surface area contributed by atoms with Crippen molar-refractivity contribution in [1.82, 2.24) is 15.5 Å². The van der Waals surface area contributed by atoms with Crippen LogP contribution in [0.5, 0.6) is 0 Å². The van der Waals surface area contributed by atoms with Gasteiger partial charge in [-0.1, -0.05) is 36.4 Å². The lowest BCUT2D eigenvalue weighted by atomic mass is 10.1. The number of hydrogen-bond donors (Lipinski definition) is 3. The summed E-state index contributed by atoms with van der Waals surface area (Å²) < 4.78 is 5.46. The second-order valence-electron chi connectivity index (χ2n) is 7.64. The average molecular weight is 551 g/mol. The number of morpholine rings is 1. The molecule has 174 valence electrons. The van der Waals surface area contributed by atoms with E-state index in [4.69, 9.17) is 4.74 Å². The maximum Gasteiger partial charge on any atom is 0.221 e. The van der Waals surface area contributed by atoms with Crippen molar-refractivity contribution in [2.24, 2.45) is 4.99 Å². The molecule has 0 unspecified atom stereocenters. The summed E-state index contributed by atoms with van der Waals surface area (Å²) in [5, 5.41) is 9.59. The van der Waals surface area contributed by atoms with Crippen molar-refractivity contribution in [3.05, 3.63) is 65.2 Å². The zero-order chi connectivity index (χ0) is 21.9. The van der Waals surface area contributed by atoms with Gasteiger partial charge >= 0.3 is 0 Å². The van der Waals surface area contributed by atoms with Gasteiger partial charge in [0.05, 0.1) is 13.2 Å². The van der Waals surface area contributed by atoms with Gasteiger partial charge in [-0.2, -0.15) is 0 Å². The number of carbonyl (C=O) groups is 1. The van der Waals surface area contributed by atoms with E-state index in [1.165, 1.54) is 23.6 Å². The Bertz CT molecular complexity index is 867. The fraction of sp³-hybridized carbons (Fsp3) is 0.417.